The van der Waals surface area contributed by atoms with Crippen LogP contribution in [-0.4, -0.2) is 58.3 Å². The molecule has 3 unspecified atom stereocenters. The van der Waals surface area contributed by atoms with Gasteiger partial charge in [-0.05, 0) is 5.92 Å². The molecule has 4 N–H and O–H groups in total. The Labute approximate surface area is 101 Å². The molecular weight excluding hydrogens is 226 g/mol. The van der Waals surface area contributed by atoms with E-state index in [1.807, 2.05) is 13.8 Å². The highest BCUT2D eigenvalue weighted by Gasteiger charge is 2.45. The number of rotatable bonds is 3. The Bertz CT molecular complexity index is 271. The van der Waals surface area contributed by atoms with Crippen molar-refractivity contribution in [1.29, 1.82) is 0 Å². The van der Waals surface area contributed by atoms with E-state index >= 15 is 0 Å². The van der Waals surface area contributed by atoms with E-state index < -0.39 is 30.5 Å². The average molecular weight is 247 g/mol. The van der Waals surface area contributed by atoms with E-state index in [4.69, 9.17) is 9.84 Å². The van der Waals surface area contributed by atoms with Gasteiger partial charge in [0.1, 0.15) is 18.3 Å². The van der Waals surface area contributed by atoms with Gasteiger partial charge in [-0.3, -0.25) is 4.79 Å². The molecule has 6 nitrogen and oxygen atoms in total. The number of nitrogens with one attached hydrogen (secondary N) is 1. The highest BCUT2D eigenvalue weighted by Crippen LogP contribution is 2.25. The third kappa shape index (κ3) is 3.16. The van der Waals surface area contributed by atoms with Crippen LogP contribution >= 0.6 is 0 Å². The summed E-state index contributed by atoms with van der Waals surface area (Å²) in [6.45, 7) is 4.75. The number of amides is 1. The van der Waals surface area contributed by atoms with Crippen LogP contribution in [0.5, 0.6) is 0 Å². The average Bonchev–Trinajstić information content (AvgIpc) is 2.24. The standard InChI is InChI=1S/C11H21NO5/c1-5(2)11-8(12-6(3)14)10(16)9(15)7(4-13)17-11/h5,7-11,13,15-16H,4H2,1-3H3,(H,12,14)/t7?,8?,9-,10?,11+/m1/s1. The quantitative estimate of drug-likeness (QED) is 0.493. The van der Waals surface area contributed by atoms with Gasteiger partial charge in [0.25, 0.3) is 0 Å². The summed E-state index contributed by atoms with van der Waals surface area (Å²) in [5.41, 5.74) is 0. The Kier molecular flexibility index (Phi) is 4.88. The number of carbonyl (C=O) groups excluding carboxylic acids is 1. The second-order valence-electron chi connectivity index (χ2n) is 4.77. The predicted molar refractivity (Wildman–Crippen MR) is 60.2 cm³/mol. The first-order chi connectivity index (χ1) is 7.88. The van der Waals surface area contributed by atoms with Crippen molar-refractivity contribution < 1.29 is 24.9 Å². The zero-order chi connectivity index (χ0) is 13.2. The molecule has 1 fully saturated rings. The normalized spacial score (nSPS) is 38.2. The van der Waals surface area contributed by atoms with E-state index in [2.05, 4.69) is 5.32 Å². The van der Waals surface area contributed by atoms with Gasteiger partial charge in [-0.15, -0.1) is 0 Å². The first-order valence-electron chi connectivity index (χ1n) is 5.78. The summed E-state index contributed by atoms with van der Waals surface area (Å²) in [5.74, 6) is -0.249. The fraction of sp³-hybridized carbons (Fsp3) is 0.909. The predicted octanol–water partition coefficient (Wildman–Crippen LogP) is -1.37. The van der Waals surface area contributed by atoms with Gasteiger partial charge in [0.05, 0.1) is 18.8 Å². The second kappa shape index (κ2) is 5.77. The molecule has 0 aliphatic carbocycles. The Morgan fingerprint density at radius 2 is 1.94 bits per heavy atom. The molecule has 0 radical (unpaired) electrons. The topological polar surface area (TPSA) is 99.0 Å². The van der Waals surface area contributed by atoms with Crippen LogP contribution in [0.15, 0.2) is 0 Å². The van der Waals surface area contributed by atoms with E-state index in [-0.39, 0.29) is 18.4 Å². The van der Waals surface area contributed by atoms with Crippen LogP contribution in [0.2, 0.25) is 0 Å². The Morgan fingerprint density at radius 3 is 2.35 bits per heavy atom. The molecule has 0 aromatic heterocycles. The maximum atomic E-state index is 11.1. The van der Waals surface area contributed by atoms with Crippen LogP contribution in [0.4, 0.5) is 0 Å². The minimum absolute atomic E-state index is 0.0445. The van der Waals surface area contributed by atoms with Gasteiger partial charge in [-0.1, -0.05) is 13.8 Å². The molecule has 0 bridgehead atoms. The Morgan fingerprint density at radius 1 is 1.35 bits per heavy atom. The molecule has 100 valence electrons. The van der Waals surface area contributed by atoms with Crippen LogP contribution in [0.3, 0.4) is 0 Å². The van der Waals surface area contributed by atoms with E-state index in [1.165, 1.54) is 6.92 Å². The number of ether oxygens (including phenoxy) is 1. The summed E-state index contributed by atoms with van der Waals surface area (Å²) in [6, 6.07) is -0.662. The Balaban J connectivity index is 2.86. The second-order valence-corrected chi connectivity index (χ2v) is 4.77. The van der Waals surface area contributed by atoms with Gasteiger partial charge in [0.15, 0.2) is 0 Å². The van der Waals surface area contributed by atoms with Crippen LogP contribution in [-0.2, 0) is 9.53 Å². The largest absolute Gasteiger partial charge is 0.394 e. The lowest BCUT2D eigenvalue weighted by Crippen LogP contribution is -2.65. The molecule has 17 heavy (non-hydrogen) atoms. The first kappa shape index (κ1) is 14.4. The van der Waals surface area contributed by atoms with E-state index in [0.29, 0.717) is 0 Å². The van der Waals surface area contributed by atoms with Crippen molar-refractivity contribution in [3.05, 3.63) is 0 Å². The maximum Gasteiger partial charge on any atom is 0.217 e. The molecule has 0 spiro atoms. The summed E-state index contributed by atoms with van der Waals surface area (Å²) in [6.07, 6.45) is -3.60. The third-order valence-electron chi connectivity index (χ3n) is 2.99. The number of carbonyl (C=O) groups is 1. The Hall–Kier alpha value is -0.690. The zero-order valence-corrected chi connectivity index (χ0v) is 10.3. The summed E-state index contributed by atoms with van der Waals surface area (Å²) in [4.78, 5) is 11.1. The van der Waals surface area contributed by atoms with Gasteiger partial charge in [-0.25, -0.2) is 0 Å². The van der Waals surface area contributed by atoms with Gasteiger partial charge >= 0.3 is 0 Å². The van der Waals surface area contributed by atoms with Crippen molar-refractivity contribution >= 4 is 5.91 Å². The molecule has 1 amide bonds. The van der Waals surface area contributed by atoms with E-state index in [0.717, 1.165) is 0 Å². The lowest BCUT2D eigenvalue weighted by atomic mass is 9.87. The zero-order valence-electron chi connectivity index (χ0n) is 10.3. The molecule has 6 heteroatoms. The molecule has 1 aliphatic heterocycles. The smallest absolute Gasteiger partial charge is 0.217 e. The molecule has 1 aliphatic rings. The SMILES string of the molecule is CC(=O)NC1C(O)[C@H](O)C(CO)O[C@H]1C(C)C. The van der Waals surface area contributed by atoms with Gasteiger partial charge in [0, 0.05) is 6.92 Å². The molecule has 0 aromatic rings. The maximum absolute atomic E-state index is 11.1. The summed E-state index contributed by atoms with van der Waals surface area (Å²) in [7, 11) is 0. The van der Waals surface area contributed by atoms with Crippen molar-refractivity contribution in [2.75, 3.05) is 6.61 Å². The minimum Gasteiger partial charge on any atom is -0.394 e. The molecular formula is C11H21NO5. The van der Waals surface area contributed by atoms with Crippen molar-refractivity contribution in [2.24, 2.45) is 5.92 Å². The first-order valence-corrected chi connectivity index (χ1v) is 5.78. The van der Waals surface area contributed by atoms with Crippen LogP contribution < -0.4 is 5.32 Å². The summed E-state index contributed by atoms with van der Waals surface area (Å²) in [5, 5.41) is 31.3. The lowest BCUT2D eigenvalue weighted by Gasteiger charge is -2.44. The van der Waals surface area contributed by atoms with Gasteiger partial charge < -0.3 is 25.4 Å². The van der Waals surface area contributed by atoms with Crippen molar-refractivity contribution in [3.63, 3.8) is 0 Å². The highest BCUT2D eigenvalue weighted by atomic mass is 16.5. The number of aliphatic hydroxyl groups is 3. The molecule has 1 heterocycles. The number of aliphatic hydroxyl groups excluding tert-OH is 3. The van der Waals surface area contributed by atoms with Crippen molar-refractivity contribution in [3.8, 4) is 0 Å². The molecule has 0 saturated carbocycles. The third-order valence-corrected chi connectivity index (χ3v) is 2.99. The number of hydrogen-bond acceptors (Lipinski definition) is 5. The van der Waals surface area contributed by atoms with Crippen molar-refractivity contribution in [2.45, 2.75) is 51.2 Å². The summed E-state index contributed by atoms with van der Waals surface area (Å²) < 4.78 is 5.52. The van der Waals surface area contributed by atoms with Crippen LogP contribution in [0.1, 0.15) is 20.8 Å². The fourth-order valence-corrected chi connectivity index (χ4v) is 2.12. The molecule has 1 rings (SSSR count). The van der Waals surface area contributed by atoms with Crippen LogP contribution in [0, 0.1) is 5.92 Å². The van der Waals surface area contributed by atoms with Crippen LogP contribution in [0.25, 0.3) is 0 Å². The minimum atomic E-state index is -1.20. The lowest BCUT2D eigenvalue weighted by molar-refractivity contribution is -0.204. The van der Waals surface area contributed by atoms with Crippen molar-refractivity contribution in [1.82, 2.24) is 5.32 Å². The monoisotopic (exact) mass is 247 g/mol. The molecule has 5 atom stereocenters. The molecule has 1 saturated heterocycles. The van der Waals surface area contributed by atoms with Gasteiger partial charge in [0.2, 0.25) is 5.91 Å². The fourth-order valence-electron chi connectivity index (χ4n) is 2.12. The van der Waals surface area contributed by atoms with E-state index in [9.17, 15) is 15.0 Å². The summed E-state index contributed by atoms with van der Waals surface area (Å²) >= 11 is 0. The number of hydrogen-bond donors (Lipinski definition) is 4. The molecule has 0 aromatic carbocycles. The highest BCUT2D eigenvalue weighted by molar-refractivity contribution is 5.73. The van der Waals surface area contributed by atoms with E-state index in [1.54, 1.807) is 0 Å². The van der Waals surface area contributed by atoms with Gasteiger partial charge in [-0.2, -0.15) is 0 Å².